The number of rotatable bonds is 13. The summed E-state index contributed by atoms with van der Waals surface area (Å²) in [5.41, 5.74) is 5.48. The van der Waals surface area contributed by atoms with Gasteiger partial charge in [0.15, 0.2) is 5.16 Å². The topological polar surface area (TPSA) is 71.3 Å². The first kappa shape index (κ1) is 32.5. The van der Waals surface area contributed by atoms with Crippen molar-refractivity contribution in [1.82, 2.24) is 24.6 Å². The first-order valence-electron chi connectivity index (χ1n) is 16.3. The van der Waals surface area contributed by atoms with Gasteiger partial charge in [-0.1, -0.05) is 85.8 Å². The SMILES string of the molecule is CCCCc1ccc(C(=O)N2CCN(C(=O)CCCCSc3nnc(Cc4ccccc4)n3-c3ccccc3C)CC2C)cc1. The monoisotopic (exact) mass is 623 g/mol. The molecular formula is C37H45N5O2S. The highest BCUT2D eigenvalue weighted by atomic mass is 32.2. The summed E-state index contributed by atoms with van der Waals surface area (Å²) in [5, 5.41) is 10.0. The number of unbranched alkanes of at least 4 members (excludes halogenated alkanes) is 2. The highest BCUT2D eigenvalue weighted by molar-refractivity contribution is 7.99. The van der Waals surface area contributed by atoms with Crippen LogP contribution in [0.4, 0.5) is 0 Å². The number of nitrogens with zero attached hydrogens (tertiary/aromatic N) is 5. The van der Waals surface area contributed by atoms with Crippen molar-refractivity contribution in [2.45, 2.75) is 76.9 Å². The molecule has 4 aromatic rings. The average Bonchev–Trinajstić information content (AvgIpc) is 3.45. The summed E-state index contributed by atoms with van der Waals surface area (Å²) in [6.07, 6.45) is 6.32. The number of hydrogen-bond donors (Lipinski definition) is 0. The van der Waals surface area contributed by atoms with Gasteiger partial charge in [0.05, 0.1) is 5.69 Å². The van der Waals surface area contributed by atoms with Crippen molar-refractivity contribution in [3.8, 4) is 5.69 Å². The Hall–Kier alpha value is -3.91. The molecule has 8 heteroatoms. The molecule has 0 saturated carbocycles. The Kier molecular flexibility index (Phi) is 11.5. The van der Waals surface area contributed by atoms with E-state index < -0.39 is 0 Å². The van der Waals surface area contributed by atoms with Gasteiger partial charge in [-0.3, -0.25) is 14.2 Å². The highest BCUT2D eigenvalue weighted by Gasteiger charge is 2.30. The van der Waals surface area contributed by atoms with E-state index in [1.54, 1.807) is 11.8 Å². The normalized spacial score (nSPS) is 15.0. The third-order valence-corrected chi connectivity index (χ3v) is 9.55. The lowest BCUT2D eigenvalue weighted by Crippen LogP contribution is -2.55. The molecule has 0 bridgehead atoms. The van der Waals surface area contributed by atoms with E-state index in [1.165, 1.54) is 16.7 Å². The predicted molar refractivity (Wildman–Crippen MR) is 182 cm³/mol. The predicted octanol–water partition coefficient (Wildman–Crippen LogP) is 7.14. The maximum atomic E-state index is 13.2. The number of hydrogen-bond acceptors (Lipinski definition) is 5. The van der Waals surface area contributed by atoms with Gasteiger partial charge < -0.3 is 9.80 Å². The number of carbonyl (C=O) groups is 2. The standard InChI is InChI=1S/C37H45N5O2S/c1-4-5-14-30-19-21-32(22-20-30)36(44)41-24-23-40(27-29(41)3)35(43)18-11-12-25-45-37-39-38-34(26-31-15-7-6-8-16-31)42(37)33-17-10-9-13-28(33)2/h6-10,13,15-17,19-22,29H,4-5,11-12,14,18,23-27H2,1-3H3. The Morgan fingerprint density at radius 2 is 1.62 bits per heavy atom. The molecule has 7 nitrogen and oxygen atoms in total. The Morgan fingerprint density at radius 3 is 2.36 bits per heavy atom. The zero-order valence-corrected chi connectivity index (χ0v) is 27.6. The van der Waals surface area contributed by atoms with E-state index in [4.69, 9.17) is 0 Å². The zero-order valence-electron chi connectivity index (χ0n) is 26.8. The summed E-state index contributed by atoms with van der Waals surface area (Å²) in [7, 11) is 0. The van der Waals surface area contributed by atoms with Crippen molar-refractivity contribution in [2.75, 3.05) is 25.4 Å². The van der Waals surface area contributed by atoms with Crippen LogP contribution >= 0.6 is 11.8 Å². The second-order valence-corrected chi connectivity index (χ2v) is 13.0. The number of benzene rings is 3. The minimum atomic E-state index is -0.0107. The first-order valence-corrected chi connectivity index (χ1v) is 17.3. The fraction of sp³-hybridized carbons (Fsp3) is 0.405. The van der Waals surface area contributed by atoms with E-state index in [9.17, 15) is 9.59 Å². The van der Waals surface area contributed by atoms with Crippen LogP contribution < -0.4 is 0 Å². The maximum Gasteiger partial charge on any atom is 0.254 e. The number of aromatic nitrogens is 3. The molecule has 3 aromatic carbocycles. The van der Waals surface area contributed by atoms with Crippen LogP contribution in [0.1, 0.15) is 78.8 Å². The first-order chi connectivity index (χ1) is 21.9. The van der Waals surface area contributed by atoms with Gasteiger partial charge in [-0.15, -0.1) is 10.2 Å². The van der Waals surface area contributed by atoms with Crippen LogP contribution in [0.15, 0.2) is 84.0 Å². The summed E-state index contributed by atoms with van der Waals surface area (Å²) in [4.78, 5) is 30.1. The van der Waals surface area contributed by atoms with Gasteiger partial charge in [-0.05, 0) is 74.4 Å². The van der Waals surface area contributed by atoms with Crippen LogP contribution in [0.5, 0.6) is 0 Å². The molecule has 236 valence electrons. The molecule has 1 fully saturated rings. The minimum Gasteiger partial charge on any atom is -0.339 e. The highest BCUT2D eigenvalue weighted by Crippen LogP contribution is 2.26. The summed E-state index contributed by atoms with van der Waals surface area (Å²) < 4.78 is 2.18. The molecule has 1 aliphatic rings. The molecule has 2 amide bonds. The third-order valence-electron chi connectivity index (χ3n) is 8.54. The van der Waals surface area contributed by atoms with Crippen LogP contribution in [-0.2, 0) is 17.6 Å². The molecule has 0 aliphatic carbocycles. The van der Waals surface area contributed by atoms with Crippen molar-refractivity contribution in [3.05, 3.63) is 107 Å². The van der Waals surface area contributed by atoms with Crippen LogP contribution in [0.2, 0.25) is 0 Å². The molecule has 1 saturated heterocycles. The van der Waals surface area contributed by atoms with Gasteiger partial charge in [-0.2, -0.15) is 0 Å². The summed E-state index contributed by atoms with van der Waals surface area (Å²) in [5.74, 6) is 2.01. The largest absolute Gasteiger partial charge is 0.339 e. The molecule has 1 unspecified atom stereocenters. The average molecular weight is 624 g/mol. The van der Waals surface area contributed by atoms with Crippen molar-refractivity contribution in [2.24, 2.45) is 0 Å². The third kappa shape index (κ3) is 8.42. The van der Waals surface area contributed by atoms with Gasteiger partial charge in [0, 0.05) is 49.8 Å². The molecule has 2 heterocycles. The number of aryl methyl sites for hydroxylation is 2. The summed E-state index contributed by atoms with van der Waals surface area (Å²) >= 11 is 1.70. The summed E-state index contributed by atoms with van der Waals surface area (Å²) in [6.45, 7) is 8.08. The van der Waals surface area contributed by atoms with Gasteiger partial charge >= 0.3 is 0 Å². The Balaban J connectivity index is 1.10. The quantitative estimate of drug-likeness (QED) is 0.117. The Labute approximate surface area is 272 Å². The zero-order chi connectivity index (χ0) is 31.6. The molecule has 0 radical (unpaired) electrons. The lowest BCUT2D eigenvalue weighted by atomic mass is 10.0. The molecule has 5 rings (SSSR count). The Morgan fingerprint density at radius 1 is 0.867 bits per heavy atom. The molecule has 0 N–H and O–H groups in total. The molecule has 0 spiro atoms. The smallest absolute Gasteiger partial charge is 0.254 e. The number of thioether (sulfide) groups is 1. The van der Waals surface area contributed by atoms with Crippen LogP contribution in [0, 0.1) is 6.92 Å². The van der Waals surface area contributed by atoms with Crippen molar-refractivity contribution in [1.29, 1.82) is 0 Å². The summed E-state index contributed by atoms with van der Waals surface area (Å²) in [6, 6.07) is 26.7. The van der Waals surface area contributed by atoms with Crippen LogP contribution in [-0.4, -0.2) is 67.8 Å². The molecule has 1 atom stereocenters. The number of para-hydroxylation sites is 1. The number of carbonyl (C=O) groups excluding carboxylic acids is 2. The van der Waals surface area contributed by atoms with Gasteiger partial charge in [0.1, 0.15) is 5.82 Å². The minimum absolute atomic E-state index is 0.0107. The van der Waals surface area contributed by atoms with Crippen molar-refractivity contribution < 1.29 is 9.59 Å². The van der Waals surface area contributed by atoms with Gasteiger partial charge in [0.2, 0.25) is 5.91 Å². The van der Waals surface area contributed by atoms with E-state index >= 15 is 0 Å². The second-order valence-electron chi connectivity index (χ2n) is 12.0. The second kappa shape index (κ2) is 15.9. The molecule has 1 aromatic heterocycles. The number of piperazine rings is 1. The molecule has 45 heavy (non-hydrogen) atoms. The Bertz CT molecular complexity index is 1550. The lowest BCUT2D eigenvalue weighted by Gasteiger charge is -2.40. The van der Waals surface area contributed by atoms with E-state index in [0.717, 1.165) is 60.1 Å². The van der Waals surface area contributed by atoms with Gasteiger partial charge in [0.25, 0.3) is 5.91 Å². The van der Waals surface area contributed by atoms with Gasteiger partial charge in [-0.25, -0.2) is 0 Å². The molecule has 1 aliphatic heterocycles. The fourth-order valence-electron chi connectivity index (χ4n) is 5.89. The van der Waals surface area contributed by atoms with Crippen LogP contribution in [0.25, 0.3) is 5.69 Å². The fourth-order valence-corrected chi connectivity index (χ4v) is 6.85. The van der Waals surface area contributed by atoms with E-state index in [1.807, 2.05) is 34.9 Å². The number of amides is 2. The van der Waals surface area contributed by atoms with Crippen molar-refractivity contribution in [3.63, 3.8) is 0 Å². The van der Waals surface area contributed by atoms with Crippen molar-refractivity contribution >= 4 is 23.6 Å². The lowest BCUT2D eigenvalue weighted by molar-refractivity contribution is -0.133. The van der Waals surface area contributed by atoms with E-state index in [2.05, 4.69) is 89.3 Å². The molecular weight excluding hydrogens is 579 g/mol. The maximum absolute atomic E-state index is 13.2. The van der Waals surface area contributed by atoms with E-state index in [0.29, 0.717) is 32.5 Å². The van der Waals surface area contributed by atoms with Crippen LogP contribution in [0.3, 0.4) is 0 Å². The van der Waals surface area contributed by atoms with E-state index in [-0.39, 0.29) is 17.9 Å².